The smallest absolute Gasteiger partial charge is 0.182 e. The van der Waals surface area contributed by atoms with E-state index in [2.05, 4.69) is 10.4 Å². The number of nitrogens with one attached hydrogen (secondary N) is 1. The second kappa shape index (κ2) is 2.18. The van der Waals surface area contributed by atoms with Crippen LogP contribution in [0.4, 0.5) is 5.82 Å². The van der Waals surface area contributed by atoms with Gasteiger partial charge in [0.1, 0.15) is 0 Å². The molecule has 0 saturated heterocycles. The molecule has 4 heteroatoms. The first-order chi connectivity index (χ1) is 4.33. The predicted molar refractivity (Wildman–Crippen MR) is 32.4 cm³/mol. The van der Waals surface area contributed by atoms with Gasteiger partial charge in [-0.2, -0.15) is 10.4 Å². The number of aromatic nitrogens is 2. The Kier molecular flexibility index (Phi) is 1.36. The van der Waals surface area contributed by atoms with Crippen molar-refractivity contribution >= 4 is 5.82 Å². The van der Waals surface area contributed by atoms with Gasteiger partial charge < -0.3 is 0 Å². The predicted octanol–water partition coefficient (Wildman–Crippen LogP) is 0.313. The fraction of sp³-hybridized carbons (Fsp3) is 0.200. The van der Waals surface area contributed by atoms with Crippen molar-refractivity contribution in [3.8, 4) is 6.19 Å². The van der Waals surface area contributed by atoms with Gasteiger partial charge in [0.05, 0.1) is 0 Å². The highest BCUT2D eigenvalue weighted by molar-refractivity contribution is 5.36. The highest BCUT2D eigenvalue weighted by Gasteiger charge is 1.89. The van der Waals surface area contributed by atoms with Crippen LogP contribution in [-0.2, 0) is 7.05 Å². The van der Waals surface area contributed by atoms with Gasteiger partial charge >= 0.3 is 0 Å². The van der Waals surface area contributed by atoms with Crippen LogP contribution >= 0.6 is 0 Å². The molecular formula is C5H6N4. The highest BCUT2D eigenvalue weighted by atomic mass is 15.3. The molecule has 1 aromatic rings. The molecule has 0 amide bonds. The Bertz CT molecular complexity index is 231. The lowest BCUT2D eigenvalue weighted by molar-refractivity contribution is 0.771. The molecule has 1 heterocycles. The van der Waals surface area contributed by atoms with Gasteiger partial charge in [-0.1, -0.05) is 0 Å². The largest absolute Gasteiger partial charge is 0.275 e. The van der Waals surface area contributed by atoms with Gasteiger partial charge in [0.15, 0.2) is 12.0 Å². The molecule has 1 rings (SSSR count). The zero-order valence-electron chi connectivity index (χ0n) is 5.00. The number of aryl methyl sites for hydroxylation is 1. The van der Waals surface area contributed by atoms with Crippen LogP contribution in [0.3, 0.4) is 0 Å². The molecule has 0 aromatic carbocycles. The van der Waals surface area contributed by atoms with Crippen molar-refractivity contribution in [3.05, 3.63) is 12.3 Å². The molecule has 0 fully saturated rings. The third-order valence-corrected chi connectivity index (χ3v) is 0.898. The third-order valence-electron chi connectivity index (χ3n) is 0.898. The number of anilines is 1. The normalized spacial score (nSPS) is 8.44. The van der Waals surface area contributed by atoms with Crippen LogP contribution in [-0.4, -0.2) is 9.78 Å². The molecule has 0 bridgehead atoms. The van der Waals surface area contributed by atoms with Crippen molar-refractivity contribution in [2.75, 3.05) is 5.32 Å². The fourth-order valence-electron chi connectivity index (χ4n) is 0.539. The Hall–Kier alpha value is -1.50. The minimum Gasteiger partial charge on any atom is -0.275 e. The van der Waals surface area contributed by atoms with Crippen LogP contribution < -0.4 is 5.32 Å². The molecule has 0 aliphatic rings. The monoisotopic (exact) mass is 122 g/mol. The van der Waals surface area contributed by atoms with Crippen LogP contribution in [0, 0.1) is 11.5 Å². The topological polar surface area (TPSA) is 53.6 Å². The summed E-state index contributed by atoms with van der Waals surface area (Å²) >= 11 is 0. The van der Waals surface area contributed by atoms with E-state index in [-0.39, 0.29) is 0 Å². The quantitative estimate of drug-likeness (QED) is 0.431. The lowest BCUT2D eigenvalue weighted by Crippen LogP contribution is -1.91. The SMILES string of the molecule is Cn1ccc(NC#N)n1. The number of nitrogens with zero attached hydrogens (tertiary/aromatic N) is 3. The molecule has 4 nitrogen and oxygen atoms in total. The summed E-state index contributed by atoms with van der Waals surface area (Å²) < 4.78 is 1.62. The van der Waals surface area contributed by atoms with Crippen LogP contribution in [0.15, 0.2) is 12.3 Å². The van der Waals surface area contributed by atoms with E-state index >= 15 is 0 Å². The van der Waals surface area contributed by atoms with Crippen LogP contribution in [0.1, 0.15) is 0 Å². The Morgan fingerprint density at radius 3 is 3.11 bits per heavy atom. The van der Waals surface area contributed by atoms with E-state index in [1.54, 1.807) is 30.2 Å². The molecule has 0 spiro atoms. The first kappa shape index (κ1) is 5.63. The average Bonchev–Trinajstić information content (AvgIpc) is 2.17. The Morgan fingerprint density at radius 1 is 1.89 bits per heavy atom. The van der Waals surface area contributed by atoms with E-state index in [1.807, 2.05) is 0 Å². The van der Waals surface area contributed by atoms with E-state index in [0.29, 0.717) is 5.82 Å². The summed E-state index contributed by atoms with van der Waals surface area (Å²) in [6, 6.07) is 1.73. The Balaban J connectivity index is 2.76. The van der Waals surface area contributed by atoms with E-state index in [9.17, 15) is 0 Å². The standard InChI is InChI=1S/C5H6N4/c1-9-3-2-5(8-9)7-4-6/h2-3H,1H3,(H,7,8). The summed E-state index contributed by atoms with van der Waals surface area (Å²) in [5, 5.41) is 14.4. The van der Waals surface area contributed by atoms with Gasteiger partial charge in [0.2, 0.25) is 0 Å². The molecule has 1 aromatic heterocycles. The number of rotatable bonds is 1. The second-order valence-corrected chi connectivity index (χ2v) is 1.61. The lowest BCUT2D eigenvalue weighted by Gasteiger charge is -1.85. The minimum atomic E-state index is 0.583. The summed E-state index contributed by atoms with van der Waals surface area (Å²) in [5.41, 5.74) is 0. The van der Waals surface area contributed by atoms with Crippen molar-refractivity contribution in [1.82, 2.24) is 9.78 Å². The molecule has 0 aliphatic carbocycles. The molecule has 0 saturated carbocycles. The summed E-state index contributed by atoms with van der Waals surface area (Å²) in [7, 11) is 1.79. The number of hydrogen-bond acceptors (Lipinski definition) is 3. The summed E-state index contributed by atoms with van der Waals surface area (Å²) in [6.45, 7) is 0. The van der Waals surface area contributed by atoms with Crippen LogP contribution in [0.5, 0.6) is 0 Å². The maximum Gasteiger partial charge on any atom is 0.182 e. The lowest BCUT2D eigenvalue weighted by atomic mass is 10.6. The van der Waals surface area contributed by atoms with E-state index < -0.39 is 0 Å². The van der Waals surface area contributed by atoms with Crippen molar-refractivity contribution in [3.63, 3.8) is 0 Å². The summed E-state index contributed by atoms with van der Waals surface area (Å²) in [5.74, 6) is 0.583. The molecule has 0 atom stereocenters. The van der Waals surface area contributed by atoms with Crippen molar-refractivity contribution in [1.29, 1.82) is 5.26 Å². The fourth-order valence-corrected chi connectivity index (χ4v) is 0.539. The van der Waals surface area contributed by atoms with Crippen LogP contribution in [0.2, 0.25) is 0 Å². The second-order valence-electron chi connectivity index (χ2n) is 1.61. The Morgan fingerprint density at radius 2 is 2.67 bits per heavy atom. The summed E-state index contributed by atoms with van der Waals surface area (Å²) in [4.78, 5) is 0. The molecule has 0 radical (unpaired) electrons. The van der Waals surface area contributed by atoms with Gasteiger partial charge in [-0.15, -0.1) is 0 Å². The zero-order chi connectivity index (χ0) is 6.69. The van der Waals surface area contributed by atoms with E-state index in [4.69, 9.17) is 5.26 Å². The zero-order valence-corrected chi connectivity index (χ0v) is 5.00. The maximum atomic E-state index is 8.12. The van der Waals surface area contributed by atoms with Crippen LogP contribution in [0.25, 0.3) is 0 Å². The van der Waals surface area contributed by atoms with Gasteiger partial charge in [-0.25, -0.2) is 0 Å². The van der Waals surface area contributed by atoms with Crippen molar-refractivity contribution < 1.29 is 0 Å². The molecule has 9 heavy (non-hydrogen) atoms. The minimum absolute atomic E-state index is 0.583. The average molecular weight is 122 g/mol. The first-order valence-electron chi connectivity index (χ1n) is 2.47. The van der Waals surface area contributed by atoms with Crippen molar-refractivity contribution in [2.45, 2.75) is 0 Å². The van der Waals surface area contributed by atoms with Gasteiger partial charge in [-0.05, 0) is 0 Å². The number of nitriles is 1. The number of hydrogen-bond donors (Lipinski definition) is 1. The third kappa shape index (κ3) is 1.19. The Labute approximate surface area is 52.7 Å². The molecule has 1 N–H and O–H groups in total. The molecular weight excluding hydrogens is 116 g/mol. The highest BCUT2D eigenvalue weighted by Crippen LogP contribution is 1.97. The van der Waals surface area contributed by atoms with Gasteiger partial charge in [0.25, 0.3) is 0 Å². The van der Waals surface area contributed by atoms with Gasteiger partial charge in [-0.3, -0.25) is 10.00 Å². The molecule has 0 unspecified atom stereocenters. The first-order valence-corrected chi connectivity index (χ1v) is 2.47. The molecule has 0 aliphatic heterocycles. The molecule has 46 valence electrons. The maximum absolute atomic E-state index is 8.12. The van der Waals surface area contributed by atoms with E-state index in [1.165, 1.54) is 0 Å². The van der Waals surface area contributed by atoms with Crippen molar-refractivity contribution in [2.24, 2.45) is 7.05 Å². The van der Waals surface area contributed by atoms with Gasteiger partial charge in [0, 0.05) is 19.3 Å². The summed E-state index contributed by atoms with van der Waals surface area (Å²) in [6.07, 6.45) is 3.54. The van der Waals surface area contributed by atoms with E-state index in [0.717, 1.165) is 0 Å².